The second kappa shape index (κ2) is 9.24. The van der Waals surface area contributed by atoms with Crippen LogP contribution in [0.2, 0.25) is 10.0 Å². The van der Waals surface area contributed by atoms with Gasteiger partial charge in [-0.05, 0) is 59.7 Å². The van der Waals surface area contributed by atoms with Gasteiger partial charge in [-0.15, -0.1) is 0 Å². The summed E-state index contributed by atoms with van der Waals surface area (Å²) in [6.45, 7) is 0. The monoisotopic (exact) mass is 524 g/mol. The van der Waals surface area contributed by atoms with E-state index in [4.69, 9.17) is 32.7 Å². The predicted molar refractivity (Wildman–Crippen MR) is 135 cm³/mol. The Labute approximate surface area is 217 Å². The number of halogens is 2. The number of hydrogen-bond donors (Lipinski definition) is 1. The van der Waals surface area contributed by atoms with Crippen LogP contribution in [0.25, 0.3) is 0 Å². The number of hydrogen-bond acceptors (Lipinski definition) is 6. The van der Waals surface area contributed by atoms with Crippen molar-refractivity contribution in [3.63, 3.8) is 0 Å². The first kappa shape index (κ1) is 24.3. The smallest absolute Gasteiger partial charge is 0.323 e. The lowest BCUT2D eigenvalue weighted by Crippen LogP contribution is -2.52. The van der Waals surface area contributed by atoms with Crippen LogP contribution >= 0.6 is 23.2 Å². The Morgan fingerprint density at radius 2 is 1.47 bits per heavy atom. The summed E-state index contributed by atoms with van der Waals surface area (Å²) in [4.78, 5) is 42.1. The Hall–Kier alpha value is -3.39. The first-order valence-electron chi connectivity index (χ1n) is 11.2. The maximum absolute atomic E-state index is 14.2. The molecule has 2 aliphatic rings. The topological polar surface area (TPSA) is 84.9 Å². The standard InChI is InChI=1S/C27H22Cl2N2O5/c1-35-20-11-9-19(10-12-20)31-24(32)21-22(25(31)33)27(30-23(21)26(34)36-2,15-5-3-7-17(28)13-15)16-6-4-8-18(29)14-16/h3-14,21-23,30H,1-2H3/t21-,22+,23+/m0/s1. The molecular formula is C27H22Cl2N2O5. The maximum Gasteiger partial charge on any atom is 0.323 e. The lowest BCUT2D eigenvalue weighted by Gasteiger charge is -2.36. The number of anilines is 1. The minimum absolute atomic E-state index is 0.384. The van der Waals surface area contributed by atoms with Crippen LogP contribution in [0.15, 0.2) is 72.8 Å². The third-order valence-corrected chi connectivity index (χ3v) is 7.38. The molecule has 3 aromatic carbocycles. The second-order valence-corrected chi connectivity index (χ2v) is 9.56. The van der Waals surface area contributed by atoms with Crippen LogP contribution < -0.4 is 15.0 Å². The highest BCUT2D eigenvalue weighted by Gasteiger charge is 2.68. The molecule has 9 heteroatoms. The number of carbonyl (C=O) groups is 3. The number of methoxy groups -OCH3 is 2. The Morgan fingerprint density at radius 1 is 0.889 bits per heavy atom. The fourth-order valence-corrected chi connectivity index (χ4v) is 5.77. The maximum atomic E-state index is 14.2. The zero-order chi connectivity index (χ0) is 25.6. The van der Waals surface area contributed by atoms with Crippen molar-refractivity contribution >= 4 is 46.7 Å². The van der Waals surface area contributed by atoms with Crippen LogP contribution in [-0.4, -0.2) is 38.0 Å². The number of fused-ring (bicyclic) bond motifs is 1. The van der Waals surface area contributed by atoms with Gasteiger partial charge >= 0.3 is 5.97 Å². The number of nitrogens with zero attached hydrogens (tertiary/aromatic N) is 1. The van der Waals surface area contributed by atoms with E-state index in [-0.39, 0.29) is 0 Å². The van der Waals surface area contributed by atoms with E-state index < -0.39 is 41.2 Å². The van der Waals surface area contributed by atoms with Gasteiger partial charge in [0.2, 0.25) is 11.8 Å². The summed E-state index contributed by atoms with van der Waals surface area (Å²) in [7, 11) is 2.78. The molecule has 2 saturated heterocycles. The van der Waals surface area contributed by atoms with Crippen molar-refractivity contribution in [2.24, 2.45) is 11.8 Å². The van der Waals surface area contributed by atoms with E-state index in [1.54, 1.807) is 60.7 Å². The summed E-state index contributed by atoms with van der Waals surface area (Å²) in [6.07, 6.45) is 0. The fourth-order valence-electron chi connectivity index (χ4n) is 5.39. The first-order valence-corrected chi connectivity index (χ1v) is 12.0. The molecule has 7 nitrogen and oxygen atoms in total. The van der Waals surface area contributed by atoms with Gasteiger partial charge in [-0.1, -0.05) is 47.5 Å². The number of rotatable bonds is 5. The molecule has 0 saturated carbocycles. The molecule has 36 heavy (non-hydrogen) atoms. The first-order chi connectivity index (χ1) is 17.3. The molecule has 1 N–H and O–H groups in total. The van der Waals surface area contributed by atoms with Crippen LogP contribution in [-0.2, 0) is 24.7 Å². The zero-order valence-electron chi connectivity index (χ0n) is 19.4. The molecular weight excluding hydrogens is 503 g/mol. The normalized spacial score (nSPS) is 22.4. The molecule has 0 radical (unpaired) electrons. The van der Waals surface area contributed by atoms with E-state index in [0.29, 0.717) is 32.6 Å². The van der Waals surface area contributed by atoms with Crippen molar-refractivity contribution in [3.8, 4) is 5.75 Å². The molecule has 5 rings (SSSR count). The molecule has 0 spiro atoms. The summed E-state index contributed by atoms with van der Waals surface area (Å²) in [5.41, 5.74) is 0.343. The van der Waals surface area contributed by atoms with Crippen molar-refractivity contribution in [2.75, 3.05) is 19.1 Å². The molecule has 3 aromatic rings. The zero-order valence-corrected chi connectivity index (χ0v) is 20.9. The Bertz CT molecular complexity index is 1310. The van der Waals surface area contributed by atoms with Crippen LogP contribution in [0.4, 0.5) is 5.69 Å². The van der Waals surface area contributed by atoms with Crippen molar-refractivity contribution in [1.82, 2.24) is 5.32 Å². The average molecular weight is 525 g/mol. The minimum Gasteiger partial charge on any atom is -0.497 e. The van der Waals surface area contributed by atoms with Gasteiger partial charge in [-0.25, -0.2) is 4.90 Å². The third-order valence-electron chi connectivity index (χ3n) is 6.91. The molecule has 2 aliphatic heterocycles. The Morgan fingerprint density at radius 3 is 1.97 bits per heavy atom. The SMILES string of the molecule is COC(=O)[C@@H]1NC(c2cccc(Cl)c2)(c2cccc(Cl)c2)[C@H]2C(=O)N(c3ccc(OC)cc3)C(=O)[C@H]12. The molecule has 0 unspecified atom stereocenters. The van der Waals surface area contributed by atoms with Gasteiger partial charge in [0.15, 0.2) is 0 Å². The quantitative estimate of drug-likeness (QED) is 0.397. The minimum atomic E-state index is -1.28. The molecule has 2 heterocycles. The number of ether oxygens (including phenoxy) is 2. The largest absolute Gasteiger partial charge is 0.497 e. The summed E-state index contributed by atoms with van der Waals surface area (Å²) in [6, 6.07) is 19.5. The van der Waals surface area contributed by atoms with E-state index in [1.165, 1.54) is 14.2 Å². The molecule has 0 aromatic heterocycles. The molecule has 184 valence electrons. The van der Waals surface area contributed by atoms with Gasteiger partial charge in [-0.3, -0.25) is 19.7 Å². The second-order valence-electron chi connectivity index (χ2n) is 8.69. The number of benzene rings is 3. The molecule has 2 fully saturated rings. The number of esters is 1. The number of amides is 2. The van der Waals surface area contributed by atoms with Gasteiger partial charge < -0.3 is 9.47 Å². The van der Waals surface area contributed by atoms with Crippen LogP contribution in [0, 0.1) is 11.8 Å². The number of carbonyl (C=O) groups excluding carboxylic acids is 3. The molecule has 0 bridgehead atoms. The number of nitrogens with one attached hydrogen (secondary N) is 1. The Balaban J connectivity index is 1.75. The highest BCUT2D eigenvalue weighted by molar-refractivity contribution is 6.31. The van der Waals surface area contributed by atoms with Crippen molar-refractivity contribution in [2.45, 2.75) is 11.6 Å². The third kappa shape index (κ3) is 3.66. The van der Waals surface area contributed by atoms with Crippen molar-refractivity contribution < 1.29 is 23.9 Å². The van der Waals surface area contributed by atoms with Gasteiger partial charge in [0.1, 0.15) is 11.8 Å². The van der Waals surface area contributed by atoms with Gasteiger partial charge in [0, 0.05) is 10.0 Å². The average Bonchev–Trinajstić information content (AvgIpc) is 3.38. The van der Waals surface area contributed by atoms with Crippen LogP contribution in [0.5, 0.6) is 5.75 Å². The summed E-state index contributed by atoms with van der Waals surface area (Å²) < 4.78 is 10.3. The van der Waals surface area contributed by atoms with E-state index in [9.17, 15) is 14.4 Å². The Kier molecular flexibility index (Phi) is 6.24. The van der Waals surface area contributed by atoms with E-state index in [0.717, 1.165) is 4.90 Å². The van der Waals surface area contributed by atoms with Gasteiger partial charge in [-0.2, -0.15) is 0 Å². The van der Waals surface area contributed by atoms with Crippen LogP contribution in [0.3, 0.4) is 0 Å². The molecule has 0 aliphatic carbocycles. The molecule has 3 atom stereocenters. The van der Waals surface area contributed by atoms with Crippen molar-refractivity contribution in [1.29, 1.82) is 0 Å². The lowest BCUT2D eigenvalue weighted by atomic mass is 9.71. The van der Waals surface area contributed by atoms with Gasteiger partial charge in [0.05, 0.1) is 37.3 Å². The number of imide groups is 1. The van der Waals surface area contributed by atoms with Crippen molar-refractivity contribution in [3.05, 3.63) is 94.0 Å². The summed E-state index contributed by atoms with van der Waals surface area (Å²) in [5.74, 6) is -3.01. The summed E-state index contributed by atoms with van der Waals surface area (Å²) >= 11 is 12.7. The highest BCUT2D eigenvalue weighted by Crippen LogP contribution is 2.53. The van der Waals surface area contributed by atoms with Gasteiger partial charge in [0.25, 0.3) is 0 Å². The fraction of sp³-hybridized carbons (Fsp3) is 0.222. The predicted octanol–water partition coefficient (Wildman–Crippen LogP) is 4.20. The van der Waals surface area contributed by atoms with E-state index >= 15 is 0 Å². The van der Waals surface area contributed by atoms with E-state index in [1.807, 2.05) is 12.1 Å². The summed E-state index contributed by atoms with van der Waals surface area (Å²) in [5, 5.41) is 4.20. The highest BCUT2D eigenvalue weighted by atomic mass is 35.5. The lowest BCUT2D eigenvalue weighted by molar-refractivity contribution is -0.145. The van der Waals surface area contributed by atoms with E-state index in [2.05, 4.69) is 5.32 Å². The molecule has 2 amide bonds. The van der Waals surface area contributed by atoms with Crippen LogP contribution in [0.1, 0.15) is 11.1 Å².